The average Bonchev–Trinajstić information content (AvgIpc) is 3.76. The normalized spacial score (nSPS) is 12.6. The van der Waals surface area contributed by atoms with Crippen LogP contribution in [0.15, 0.2) is 224 Å². The molecule has 3 heteroatoms. The summed E-state index contributed by atoms with van der Waals surface area (Å²) in [5, 5.41) is 2.42. The number of fused-ring (bicyclic) bond motifs is 6. The van der Waals surface area contributed by atoms with Crippen LogP contribution in [0.4, 0.5) is 34.1 Å². The summed E-state index contributed by atoms with van der Waals surface area (Å²) < 4.78 is 2.42. The van der Waals surface area contributed by atoms with E-state index < -0.39 is 0 Å². The molecule has 10 aromatic rings. The van der Waals surface area contributed by atoms with Crippen LogP contribution in [0, 0.1) is 0 Å². The van der Waals surface area contributed by atoms with Gasteiger partial charge >= 0.3 is 0 Å². The number of benzene rings is 9. The van der Waals surface area contributed by atoms with Crippen LogP contribution in [0.2, 0.25) is 0 Å². The van der Waals surface area contributed by atoms with Crippen LogP contribution in [-0.2, 0) is 5.41 Å². The van der Waals surface area contributed by atoms with Crippen LogP contribution < -0.4 is 9.80 Å². The first-order chi connectivity index (χ1) is 29.5. The molecule has 0 N–H and O–H groups in total. The lowest BCUT2D eigenvalue weighted by atomic mass is 9.82. The molecule has 0 bridgehead atoms. The van der Waals surface area contributed by atoms with Gasteiger partial charge in [-0.2, -0.15) is 0 Å². The van der Waals surface area contributed by atoms with E-state index in [1.54, 1.807) is 0 Å². The van der Waals surface area contributed by atoms with E-state index in [-0.39, 0.29) is 5.41 Å². The highest BCUT2D eigenvalue weighted by atomic mass is 15.2. The number of aromatic nitrogens is 1. The highest BCUT2D eigenvalue weighted by Crippen LogP contribution is 2.51. The second-order valence-corrected chi connectivity index (χ2v) is 16.2. The molecule has 1 aliphatic rings. The molecule has 0 atom stereocenters. The van der Waals surface area contributed by atoms with E-state index in [1.807, 2.05) is 0 Å². The average molecular weight is 770 g/mol. The maximum Gasteiger partial charge on any atom is 0.0568 e. The van der Waals surface area contributed by atoms with Gasteiger partial charge in [0.1, 0.15) is 0 Å². The minimum Gasteiger partial charge on any atom is -0.310 e. The molecule has 11 rings (SSSR count). The fourth-order valence-corrected chi connectivity index (χ4v) is 9.51. The summed E-state index contributed by atoms with van der Waals surface area (Å²) in [6, 6.07) is 81.5. The van der Waals surface area contributed by atoms with Crippen molar-refractivity contribution in [3.05, 3.63) is 236 Å². The SMILES string of the molecule is CC1(C)c2ccccc2-c2ccc(N(c3ccccc3)c3ccc(-c4cc(N(c5ccccc5)c5ccccc5)c5c6ccccc6n(-c6ccccc6)c5c4)cc3)cc21. The standard InChI is InChI=1S/C57H43N3/c1-57(2)51-29-17-15-27-48(51)49-36-35-47(39-52(49)57)58(42-19-7-3-8-20-42)46-33-31-40(32-34-46)41-37-54(59(43-21-9-4-10-22-43)44-23-11-5-12-24-44)56-50-28-16-18-30-53(50)60(55(56)38-41)45-25-13-6-14-26-45/h3-39H,1-2H3. The zero-order valence-corrected chi connectivity index (χ0v) is 33.7. The van der Waals surface area contributed by atoms with E-state index >= 15 is 0 Å². The largest absolute Gasteiger partial charge is 0.310 e. The van der Waals surface area contributed by atoms with Crippen LogP contribution >= 0.6 is 0 Å². The predicted octanol–water partition coefficient (Wildman–Crippen LogP) is 15.7. The van der Waals surface area contributed by atoms with Crippen molar-refractivity contribution in [2.45, 2.75) is 19.3 Å². The monoisotopic (exact) mass is 769 g/mol. The predicted molar refractivity (Wildman–Crippen MR) is 253 cm³/mol. The van der Waals surface area contributed by atoms with Crippen molar-refractivity contribution in [1.82, 2.24) is 4.57 Å². The Labute approximate surface area is 351 Å². The van der Waals surface area contributed by atoms with E-state index in [2.05, 4.69) is 253 Å². The van der Waals surface area contributed by atoms with E-state index in [0.717, 1.165) is 56.5 Å². The van der Waals surface area contributed by atoms with Gasteiger partial charge in [0.15, 0.2) is 0 Å². The number of rotatable bonds is 8. The molecule has 1 aliphatic carbocycles. The van der Waals surface area contributed by atoms with Crippen LogP contribution in [0.1, 0.15) is 25.0 Å². The van der Waals surface area contributed by atoms with E-state index in [4.69, 9.17) is 0 Å². The Morgan fingerprint density at radius 1 is 0.367 bits per heavy atom. The summed E-state index contributed by atoms with van der Waals surface area (Å²) >= 11 is 0. The van der Waals surface area contributed by atoms with Crippen molar-refractivity contribution >= 4 is 55.9 Å². The van der Waals surface area contributed by atoms with Crippen molar-refractivity contribution in [3.8, 4) is 27.9 Å². The molecule has 60 heavy (non-hydrogen) atoms. The molecule has 0 spiro atoms. The third kappa shape index (κ3) is 5.81. The molecule has 0 amide bonds. The molecular weight excluding hydrogens is 727 g/mol. The highest BCUT2D eigenvalue weighted by molar-refractivity contribution is 6.17. The summed E-state index contributed by atoms with van der Waals surface area (Å²) in [5.41, 5.74) is 17.8. The fraction of sp³-hybridized carbons (Fsp3) is 0.0526. The first-order valence-corrected chi connectivity index (χ1v) is 20.8. The lowest BCUT2D eigenvalue weighted by molar-refractivity contribution is 0.660. The molecule has 0 fully saturated rings. The Bertz CT molecular complexity index is 3110. The Morgan fingerprint density at radius 2 is 0.883 bits per heavy atom. The molecule has 1 heterocycles. The topological polar surface area (TPSA) is 11.4 Å². The van der Waals surface area contributed by atoms with Crippen LogP contribution in [0.3, 0.4) is 0 Å². The van der Waals surface area contributed by atoms with Gasteiger partial charge in [0.2, 0.25) is 0 Å². The van der Waals surface area contributed by atoms with Gasteiger partial charge in [-0.15, -0.1) is 0 Å². The van der Waals surface area contributed by atoms with Crippen LogP contribution in [0.5, 0.6) is 0 Å². The minimum absolute atomic E-state index is 0.0971. The van der Waals surface area contributed by atoms with E-state index in [9.17, 15) is 0 Å². The first-order valence-electron chi connectivity index (χ1n) is 20.8. The molecular formula is C57H43N3. The highest BCUT2D eigenvalue weighted by Gasteiger charge is 2.35. The van der Waals surface area contributed by atoms with E-state index in [0.29, 0.717) is 0 Å². The van der Waals surface area contributed by atoms with Crippen LogP contribution in [0.25, 0.3) is 49.7 Å². The second-order valence-electron chi connectivity index (χ2n) is 16.2. The fourth-order valence-electron chi connectivity index (χ4n) is 9.51. The lowest BCUT2D eigenvalue weighted by Gasteiger charge is -2.28. The van der Waals surface area contributed by atoms with Gasteiger partial charge in [-0.1, -0.05) is 147 Å². The van der Waals surface area contributed by atoms with Crippen molar-refractivity contribution in [2.24, 2.45) is 0 Å². The molecule has 0 radical (unpaired) electrons. The molecule has 3 nitrogen and oxygen atoms in total. The van der Waals surface area contributed by atoms with Gasteiger partial charge in [-0.25, -0.2) is 0 Å². The van der Waals surface area contributed by atoms with Crippen molar-refractivity contribution in [3.63, 3.8) is 0 Å². The summed E-state index contributed by atoms with van der Waals surface area (Å²) in [6.45, 7) is 4.70. The van der Waals surface area contributed by atoms with Gasteiger partial charge in [0.05, 0.1) is 16.7 Å². The number of nitrogens with zero attached hydrogens (tertiary/aromatic N) is 3. The minimum atomic E-state index is -0.0971. The summed E-state index contributed by atoms with van der Waals surface area (Å²) in [7, 11) is 0. The van der Waals surface area contributed by atoms with Crippen molar-refractivity contribution in [1.29, 1.82) is 0 Å². The van der Waals surface area contributed by atoms with Crippen molar-refractivity contribution < 1.29 is 0 Å². The second kappa shape index (κ2) is 14.3. The van der Waals surface area contributed by atoms with Gasteiger partial charge in [0.25, 0.3) is 0 Å². The number of hydrogen-bond donors (Lipinski definition) is 0. The van der Waals surface area contributed by atoms with Crippen LogP contribution in [-0.4, -0.2) is 4.57 Å². The summed E-state index contributed by atoms with van der Waals surface area (Å²) in [5.74, 6) is 0. The number of anilines is 6. The Balaban J connectivity index is 1.11. The van der Waals surface area contributed by atoms with Gasteiger partial charge in [-0.3, -0.25) is 0 Å². The molecule has 286 valence electrons. The van der Waals surface area contributed by atoms with Gasteiger partial charge < -0.3 is 14.4 Å². The molecule has 0 saturated heterocycles. The quantitative estimate of drug-likeness (QED) is 0.152. The maximum atomic E-state index is 2.42. The number of para-hydroxylation sites is 5. The first kappa shape index (κ1) is 35.5. The Kier molecular flexibility index (Phi) is 8.49. The number of hydrogen-bond acceptors (Lipinski definition) is 2. The van der Waals surface area contributed by atoms with Gasteiger partial charge in [-0.05, 0) is 124 Å². The summed E-state index contributed by atoms with van der Waals surface area (Å²) in [4.78, 5) is 4.80. The zero-order chi connectivity index (χ0) is 40.2. The molecule has 0 aliphatic heterocycles. The molecule has 0 saturated carbocycles. The van der Waals surface area contributed by atoms with Crippen molar-refractivity contribution in [2.75, 3.05) is 9.80 Å². The van der Waals surface area contributed by atoms with Gasteiger partial charge in [0, 0.05) is 50.3 Å². The smallest absolute Gasteiger partial charge is 0.0568 e. The zero-order valence-electron chi connectivity index (χ0n) is 33.7. The summed E-state index contributed by atoms with van der Waals surface area (Å²) in [6.07, 6.45) is 0. The Morgan fingerprint density at radius 3 is 1.55 bits per heavy atom. The molecule has 1 aromatic heterocycles. The molecule has 9 aromatic carbocycles. The lowest BCUT2D eigenvalue weighted by Crippen LogP contribution is -2.16. The Hall–Kier alpha value is -7.62. The van der Waals surface area contributed by atoms with E-state index in [1.165, 1.54) is 38.5 Å². The molecule has 0 unspecified atom stereocenters. The third-order valence-electron chi connectivity index (χ3n) is 12.3. The maximum absolute atomic E-state index is 2.42. The third-order valence-corrected chi connectivity index (χ3v) is 12.3.